The van der Waals surface area contributed by atoms with Crippen LogP contribution in [0.3, 0.4) is 0 Å². The number of hydrogen-bond donors (Lipinski definition) is 8. The van der Waals surface area contributed by atoms with Gasteiger partial charge in [0.05, 0.1) is 31.5 Å². The molecule has 0 radical (unpaired) electrons. The Labute approximate surface area is 294 Å². The third-order valence-corrected chi connectivity index (χ3v) is 16.5. The molecule has 50 heavy (non-hydrogen) atoms. The lowest BCUT2D eigenvalue weighted by molar-refractivity contribution is -0.335. The molecule has 13 heteroatoms. The number of fused-ring (bicyclic) bond motifs is 4. The molecule has 0 bridgehead atoms. The minimum atomic E-state index is -1.56. The summed E-state index contributed by atoms with van der Waals surface area (Å²) in [6, 6.07) is 0. The maximum atomic E-state index is 11.2. The van der Waals surface area contributed by atoms with Gasteiger partial charge in [0.25, 0.3) is 0 Å². The van der Waals surface area contributed by atoms with Gasteiger partial charge < -0.3 is 64.5 Å². The van der Waals surface area contributed by atoms with Crippen LogP contribution in [-0.2, 0) is 23.7 Å². The largest absolute Gasteiger partial charge is 0.394 e. The monoisotopic (exact) mass is 712 g/mol. The van der Waals surface area contributed by atoms with Gasteiger partial charge in [0.2, 0.25) is 0 Å². The second-order valence-corrected chi connectivity index (χ2v) is 18.8. The van der Waals surface area contributed by atoms with Crippen molar-refractivity contribution in [2.45, 2.75) is 166 Å². The van der Waals surface area contributed by atoms with Gasteiger partial charge in [-0.25, -0.2) is 0 Å². The van der Waals surface area contributed by atoms with Crippen molar-refractivity contribution in [2.75, 3.05) is 13.2 Å². The predicted molar refractivity (Wildman–Crippen MR) is 174 cm³/mol. The average molecular weight is 713 g/mol. The van der Waals surface area contributed by atoms with E-state index < -0.39 is 79.7 Å². The Balaban J connectivity index is 1.16. The summed E-state index contributed by atoms with van der Waals surface area (Å²) < 4.78 is 31.4. The van der Waals surface area contributed by atoms with Gasteiger partial charge in [0.15, 0.2) is 18.9 Å². The van der Waals surface area contributed by atoms with Crippen LogP contribution in [0.5, 0.6) is 0 Å². The number of aliphatic hydroxyl groups is 8. The Morgan fingerprint density at radius 3 is 2.18 bits per heavy atom. The summed E-state index contributed by atoms with van der Waals surface area (Å²) in [4.78, 5) is 0. The summed E-state index contributed by atoms with van der Waals surface area (Å²) in [5.41, 5.74) is -0.859. The van der Waals surface area contributed by atoms with E-state index in [9.17, 15) is 40.9 Å². The fourth-order valence-corrected chi connectivity index (χ4v) is 14.0. The highest BCUT2D eigenvalue weighted by Gasteiger charge is 2.85. The number of ether oxygens (including phenoxy) is 5. The standard InChI is InChI=1S/C37H60O13/c1-16-10-23(40)47-19-12-35(5)30-18(48-32-29(45)27(43)26(42)20(13-38)49-32)11-21-33(2,3)22(50-31-28(44)25(41)17(39)14-46-31)6-7-36(21)15-37(30,36)9-8-34(35,4)24(16)19/h16-32,38-45H,6-15H2,1-5H3/t16-,17-,18+,19+,20+,21+,22+,23+,24+,25+,26+,27-,28-,29+,30+,31+,32+,34-,35+,36-,37+/m1/s1. The molecule has 0 aromatic rings. The van der Waals surface area contributed by atoms with Crippen LogP contribution in [0.2, 0.25) is 0 Å². The van der Waals surface area contributed by atoms with E-state index in [1.165, 1.54) is 0 Å². The summed E-state index contributed by atoms with van der Waals surface area (Å²) in [5, 5.41) is 84.3. The van der Waals surface area contributed by atoms with Gasteiger partial charge in [-0.05, 0) is 95.7 Å². The topological polar surface area (TPSA) is 208 Å². The lowest BCUT2D eigenvalue weighted by Gasteiger charge is -2.65. The summed E-state index contributed by atoms with van der Waals surface area (Å²) in [6.07, 6.45) is -6.88. The molecule has 0 aromatic heterocycles. The first-order chi connectivity index (χ1) is 23.5. The lowest BCUT2D eigenvalue weighted by Crippen LogP contribution is -2.65. The smallest absolute Gasteiger partial charge is 0.186 e. The van der Waals surface area contributed by atoms with Gasteiger partial charge in [-0.2, -0.15) is 0 Å². The summed E-state index contributed by atoms with van der Waals surface area (Å²) >= 11 is 0. The molecule has 3 heterocycles. The third kappa shape index (κ3) is 4.78. The van der Waals surface area contributed by atoms with E-state index in [0.29, 0.717) is 12.8 Å². The fraction of sp³-hybridized carbons (Fsp3) is 1.00. The zero-order valence-electron chi connectivity index (χ0n) is 30.0. The normalized spacial score (nSPS) is 61.3. The van der Waals surface area contributed by atoms with Crippen LogP contribution in [0.1, 0.15) is 86.0 Å². The SMILES string of the molecule is C[C@@H]1C[C@@H](O)O[C@H]2C[C@@]3(C)[C@@H]4[C@@H](O[C@H]5O[C@@H](CO)[C@H](O)[C@@H](O)[C@@H]5O)C[C@H]5C(C)(C)[C@@H](O[C@@H]6OC[C@@H](O)[C@H](O)[C@H]6O)CC[C@@]56C[C@@]46CC[C@]3(C)[C@@H]12. The maximum Gasteiger partial charge on any atom is 0.186 e. The second-order valence-electron chi connectivity index (χ2n) is 18.8. The molecular weight excluding hydrogens is 652 g/mol. The summed E-state index contributed by atoms with van der Waals surface area (Å²) in [5.74, 6) is 0.696. The van der Waals surface area contributed by atoms with Gasteiger partial charge in [-0.15, -0.1) is 0 Å². The molecule has 5 aliphatic carbocycles. The van der Waals surface area contributed by atoms with Crippen LogP contribution < -0.4 is 0 Å². The quantitative estimate of drug-likeness (QED) is 0.182. The van der Waals surface area contributed by atoms with E-state index in [2.05, 4.69) is 34.6 Å². The molecule has 8 N–H and O–H groups in total. The molecule has 13 nitrogen and oxygen atoms in total. The second kappa shape index (κ2) is 12.0. The lowest BCUT2D eigenvalue weighted by atomic mass is 9.41. The van der Waals surface area contributed by atoms with E-state index >= 15 is 0 Å². The van der Waals surface area contributed by atoms with Crippen molar-refractivity contribution < 1.29 is 64.5 Å². The highest BCUT2D eigenvalue weighted by atomic mass is 16.7. The molecule has 0 unspecified atom stereocenters. The van der Waals surface area contributed by atoms with Crippen LogP contribution in [-0.4, -0.2) is 134 Å². The molecular formula is C37H60O13. The average Bonchev–Trinajstić information content (AvgIpc) is 3.64. The molecule has 5 saturated carbocycles. The first-order valence-corrected chi connectivity index (χ1v) is 19.1. The zero-order valence-corrected chi connectivity index (χ0v) is 30.0. The van der Waals surface area contributed by atoms with Crippen molar-refractivity contribution in [1.29, 1.82) is 0 Å². The van der Waals surface area contributed by atoms with Gasteiger partial charge in [-0.3, -0.25) is 0 Å². The molecule has 0 amide bonds. The first-order valence-electron chi connectivity index (χ1n) is 19.1. The van der Waals surface area contributed by atoms with E-state index in [0.717, 1.165) is 38.5 Å². The predicted octanol–water partition coefficient (Wildman–Crippen LogP) is 0.398. The number of aliphatic hydroxyl groups excluding tert-OH is 8. The summed E-state index contributed by atoms with van der Waals surface area (Å²) in [7, 11) is 0. The van der Waals surface area contributed by atoms with Crippen LogP contribution in [0.15, 0.2) is 0 Å². The Bertz CT molecular complexity index is 1300. The molecule has 286 valence electrons. The number of rotatable bonds is 5. The molecule has 3 saturated heterocycles. The van der Waals surface area contributed by atoms with Crippen molar-refractivity contribution in [3.8, 4) is 0 Å². The van der Waals surface area contributed by atoms with E-state index in [4.69, 9.17) is 23.7 Å². The zero-order chi connectivity index (χ0) is 35.9. The molecule has 2 spiro atoms. The van der Waals surface area contributed by atoms with Crippen LogP contribution in [0.25, 0.3) is 0 Å². The van der Waals surface area contributed by atoms with Crippen molar-refractivity contribution in [3.63, 3.8) is 0 Å². The molecule has 8 fully saturated rings. The number of hydrogen-bond acceptors (Lipinski definition) is 13. The van der Waals surface area contributed by atoms with Gasteiger partial charge in [-0.1, -0.05) is 34.6 Å². The molecule has 0 aromatic carbocycles. The fourth-order valence-electron chi connectivity index (χ4n) is 14.0. The van der Waals surface area contributed by atoms with Crippen molar-refractivity contribution in [1.82, 2.24) is 0 Å². The highest BCUT2D eigenvalue weighted by Crippen LogP contribution is 2.89. The van der Waals surface area contributed by atoms with Crippen molar-refractivity contribution >= 4 is 0 Å². The van der Waals surface area contributed by atoms with E-state index in [-0.39, 0.29) is 64.1 Å². The Morgan fingerprint density at radius 2 is 1.46 bits per heavy atom. The maximum absolute atomic E-state index is 11.2. The van der Waals surface area contributed by atoms with E-state index in [1.54, 1.807) is 0 Å². The first kappa shape index (κ1) is 36.5. The van der Waals surface area contributed by atoms with Crippen LogP contribution >= 0.6 is 0 Å². The minimum absolute atomic E-state index is 0.00209. The molecule has 21 atom stereocenters. The van der Waals surface area contributed by atoms with Crippen LogP contribution in [0.4, 0.5) is 0 Å². The van der Waals surface area contributed by atoms with Gasteiger partial charge in [0.1, 0.15) is 42.7 Å². The molecule has 8 aliphatic rings. The Hall–Kier alpha value is -0.520. The van der Waals surface area contributed by atoms with Gasteiger partial charge >= 0.3 is 0 Å². The molecule has 8 rings (SSSR count). The van der Waals surface area contributed by atoms with Crippen molar-refractivity contribution in [3.05, 3.63) is 0 Å². The highest BCUT2D eigenvalue weighted by molar-refractivity contribution is 5.33. The summed E-state index contributed by atoms with van der Waals surface area (Å²) in [6.45, 7) is 10.7. The van der Waals surface area contributed by atoms with Crippen molar-refractivity contribution in [2.24, 2.45) is 50.7 Å². The Kier molecular flexibility index (Phi) is 8.74. The molecule has 3 aliphatic heterocycles. The van der Waals surface area contributed by atoms with E-state index in [1.807, 2.05) is 0 Å². The van der Waals surface area contributed by atoms with Gasteiger partial charge in [0, 0.05) is 6.42 Å². The van der Waals surface area contributed by atoms with Crippen LogP contribution in [0, 0.1) is 50.7 Å². The Morgan fingerprint density at radius 1 is 0.740 bits per heavy atom. The third-order valence-electron chi connectivity index (χ3n) is 16.5. The minimum Gasteiger partial charge on any atom is -0.394 e.